The second-order valence-electron chi connectivity index (χ2n) is 7.37. The van der Waals surface area contributed by atoms with E-state index in [4.69, 9.17) is 9.47 Å². The Morgan fingerprint density at radius 2 is 1.34 bits per heavy atom. The molecule has 4 rings (SSSR count). The molecule has 1 fully saturated rings. The van der Waals surface area contributed by atoms with Crippen LogP contribution in [0.2, 0.25) is 0 Å². The highest BCUT2D eigenvalue weighted by atomic mass is 16.5. The van der Waals surface area contributed by atoms with Gasteiger partial charge in [0.05, 0.1) is 14.2 Å². The molecule has 0 unspecified atom stereocenters. The van der Waals surface area contributed by atoms with E-state index in [-0.39, 0.29) is 12.5 Å². The van der Waals surface area contributed by atoms with E-state index in [0.717, 1.165) is 5.56 Å². The van der Waals surface area contributed by atoms with Crippen molar-refractivity contribution in [2.75, 3.05) is 20.8 Å². The zero-order valence-corrected chi connectivity index (χ0v) is 17.9. The monoisotopic (exact) mass is 428 g/mol. The maximum Gasteiger partial charge on any atom is 0.325 e. The molecule has 0 aliphatic carbocycles. The molecule has 0 aromatic heterocycles. The first-order valence-electron chi connectivity index (χ1n) is 10.2. The lowest BCUT2D eigenvalue weighted by atomic mass is 9.82. The van der Waals surface area contributed by atoms with Crippen LogP contribution in [0, 0.1) is 0 Å². The summed E-state index contributed by atoms with van der Waals surface area (Å²) in [6.45, 7) is 0.160. The first-order valence-corrected chi connectivity index (χ1v) is 10.2. The summed E-state index contributed by atoms with van der Waals surface area (Å²) in [4.78, 5) is 27.9. The molecule has 1 heterocycles. The van der Waals surface area contributed by atoms with Crippen LogP contribution in [0.25, 0.3) is 6.08 Å². The van der Waals surface area contributed by atoms with E-state index in [0.29, 0.717) is 22.6 Å². The standard InChI is InChI=1S/C26H24N2O4/c1-31-22-14-10-20(11-15-22)26(21-12-16-23(32-2)17-13-21)24(29)28(25(30)27-26)18-6-9-19-7-4-3-5-8-19/h3-17H,18H2,1-2H3,(H,27,30)/b9-6+. The minimum atomic E-state index is -1.34. The fraction of sp³-hybridized carbons (Fsp3) is 0.154. The van der Waals surface area contributed by atoms with Gasteiger partial charge in [-0.15, -0.1) is 0 Å². The molecule has 1 saturated heterocycles. The Morgan fingerprint density at radius 1 is 0.812 bits per heavy atom. The maximum atomic E-state index is 13.7. The quantitative estimate of drug-likeness (QED) is 0.573. The van der Waals surface area contributed by atoms with Crippen LogP contribution in [0.1, 0.15) is 16.7 Å². The van der Waals surface area contributed by atoms with Gasteiger partial charge in [0.2, 0.25) is 0 Å². The fourth-order valence-corrected chi connectivity index (χ4v) is 3.84. The predicted molar refractivity (Wildman–Crippen MR) is 122 cm³/mol. The molecule has 0 saturated carbocycles. The third kappa shape index (κ3) is 3.83. The third-order valence-electron chi connectivity index (χ3n) is 5.55. The maximum absolute atomic E-state index is 13.7. The summed E-state index contributed by atoms with van der Waals surface area (Å²) in [6.07, 6.45) is 3.70. The number of rotatable bonds is 7. The van der Waals surface area contributed by atoms with Crippen LogP contribution in [0.15, 0.2) is 84.9 Å². The van der Waals surface area contributed by atoms with Gasteiger partial charge in [-0.05, 0) is 41.0 Å². The van der Waals surface area contributed by atoms with Crippen LogP contribution < -0.4 is 14.8 Å². The van der Waals surface area contributed by atoms with Crippen LogP contribution in [0.4, 0.5) is 4.79 Å². The van der Waals surface area contributed by atoms with Gasteiger partial charge in [0, 0.05) is 6.54 Å². The molecule has 1 aliphatic heterocycles. The van der Waals surface area contributed by atoms with E-state index in [1.807, 2.05) is 42.5 Å². The minimum absolute atomic E-state index is 0.160. The first-order chi connectivity index (χ1) is 15.6. The molecule has 0 radical (unpaired) electrons. The smallest absolute Gasteiger partial charge is 0.325 e. The topological polar surface area (TPSA) is 67.9 Å². The largest absolute Gasteiger partial charge is 0.497 e. The number of carbonyl (C=O) groups is 2. The van der Waals surface area contributed by atoms with Crippen molar-refractivity contribution in [2.45, 2.75) is 5.54 Å². The third-order valence-corrected chi connectivity index (χ3v) is 5.55. The molecule has 3 amide bonds. The van der Waals surface area contributed by atoms with Crippen molar-refractivity contribution in [1.29, 1.82) is 0 Å². The highest BCUT2D eigenvalue weighted by Gasteiger charge is 2.53. The van der Waals surface area contributed by atoms with Gasteiger partial charge in [0.25, 0.3) is 5.91 Å². The highest BCUT2D eigenvalue weighted by molar-refractivity contribution is 6.09. The number of hydrogen-bond donors (Lipinski definition) is 1. The fourth-order valence-electron chi connectivity index (χ4n) is 3.84. The first kappa shape index (κ1) is 21.2. The molecule has 162 valence electrons. The number of methoxy groups -OCH3 is 2. The molecule has 1 N–H and O–H groups in total. The van der Waals surface area contributed by atoms with Gasteiger partial charge < -0.3 is 14.8 Å². The van der Waals surface area contributed by atoms with Crippen LogP contribution in [0.5, 0.6) is 11.5 Å². The molecule has 0 atom stereocenters. The van der Waals surface area contributed by atoms with E-state index < -0.39 is 11.6 Å². The molecule has 0 spiro atoms. The summed E-state index contributed by atoms with van der Waals surface area (Å²) in [6, 6.07) is 23.6. The zero-order chi connectivity index (χ0) is 22.6. The summed E-state index contributed by atoms with van der Waals surface area (Å²) in [7, 11) is 3.16. The number of hydrogen-bond acceptors (Lipinski definition) is 4. The summed E-state index contributed by atoms with van der Waals surface area (Å²) in [5.74, 6) is 0.992. The van der Waals surface area contributed by atoms with Crippen LogP contribution in [0.3, 0.4) is 0 Å². The van der Waals surface area contributed by atoms with Crippen LogP contribution in [-0.2, 0) is 10.3 Å². The molecule has 3 aromatic rings. The van der Waals surface area contributed by atoms with Crippen LogP contribution >= 0.6 is 0 Å². The number of nitrogens with zero attached hydrogens (tertiary/aromatic N) is 1. The molecule has 32 heavy (non-hydrogen) atoms. The lowest BCUT2D eigenvalue weighted by Gasteiger charge is -2.28. The van der Waals surface area contributed by atoms with Gasteiger partial charge >= 0.3 is 6.03 Å². The Hall–Kier alpha value is -4.06. The van der Waals surface area contributed by atoms with E-state index in [9.17, 15) is 9.59 Å². The number of nitrogens with one attached hydrogen (secondary N) is 1. The van der Waals surface area contributed by atoms with Crippen molar-refractivity contribution in [1.82, 2.24) is 10.2 Å². The summed E-state index contributed by atoms with van der Waals surface area (Å²) >= 11 is 0. The second kappa shape index (κ2) is 8.98. The van der Waals surface area contributed by atoms with Crippen molar-refractivity contribution in [3.05, 3.63) is 102 Å². The van der Waals surface area contributed by atoms with Gasteiger partial charge in [-0.2, -0.15) is 0 Å². The SMILES string of the molecule is COc1ccc(C2(c3ccc(OC)cc3)NC(=O)N(C/C=C/c3ccccc3)C2=O)cc1. The Labute approximate surface area is 187 Å². The molecule has 0 bridgehead atoms. The Balaban J connectivity index is 1.71. The Bertz CT molecular complexity index is 1080. The number of urea groups is 1. The van der Waals surface area contributed by atoms with Crippen molar-refractivity contribution >= 4 is 18.0 Å². The van der Waals surface area contributed by atoms with E-state index in [1.165, 1.54) is 4.90 Å². The zero-order valence-electron chi connectivity index (χ0n) is 17.9. The Morgan fingerprint density at radius 3 is 1.84 bits per heavy atom. The second-order valence-corrected chi connectivity index (χ2v) is 7.37. The summed E-state index contributed by atoms with van der Waals surface area (Å²) < 4.78 is 10.5. The van der Waals surface area contributed by atoms with Crippen LogP contribution in [-0.4, -0.2) is 37.6 Å². The lowest BCUT2D eigenvalue weighted by molar-refractivity contribution is -0.129. The normalized spacial score (nSPS) is 15.1. The molecule has 3 aromatic carbocycles. The Kier molecular flexibility index (Phi) is 5.94. The van der Waals surface area contributed by atoms with Gasteiger partial charge in [-0.3, -0.25) is 9.69 Å². The van der Waals surface area contributed by atoms with Crippen molar-refractivity contribution < 1.29 is 19.1 Å². The van der Waals surface area contributed by atoms with Crippen molar-refractivity contribution in [3.63, 3.8) is 0 Å². The predicted octanol–water partition coefficient (Wildman–Crippen LogP) is 4.21. The molecular weight excluding hydrogens is 404 g/mol. The molecule has 6 nitrogen and oxygen atoms in total. The molecule has 6 heteroatoms. The van der Waals surface area contributed by atoms with Gasteiger partial charge in [-0.25, -0.2) is 4.79 Å². The van der Waals surface area contributed by atoms with Gasteiger partial charge in [0.1, 0.15) is 11.5 Å². The lowest BCUT2D eigenvalue weighted by Crippen LogP contribution is -2.45. The number of benzene rings is 3. The number of carbonyl (C=O) groups excluding carboxylic acids is 2. The van der Waals surface area contributed by atoms with E-state index >= 15 is 0 Å². The average Bonchev–Trinajstić information content (AvgIpc) is 3.10. The molecular formula is C26H24N2O4. The number of amides is 3. The average molecular weight is 428 g/mol. The highest BCUT2D eigenvalue weighted by Crippen LogP contribution is 2.37. The van der Waals surface area contributed by atoms with E-state index in [1.54, 1.807) is 62.8 Å². The molecule has 1 aliphatic rings. The number of ether oxygens (including phenoxy) is 2. The summed E-state index contributed by atoms with van der Waals surface area (Å²) in [5, 5.41) is 2.95. The van der Waals surface area contributed by atoms with Crippen molar-refractivity contribution in [2.24, 2.45) is 0 Å². The van der Waals surface area contributed by atoms with Crippen molar-refractivity contribution in [3.8, 4) is 11.5 Å². The minimum Gasteiger partial charge on any atom is -0.497 e. The van der Waals surface area contributed by atoms with Gasteiger partial charge in [0.15, 0.2) is 5.54 Å². The van der Waals surface area contributed by atoms with E-state index in [2.05, 4.69) is 5.32 Å². The number of imide groups is 1. The summed E-state index contributed by atoms with van der Waals surface area (Å²) in [5.41, 5.74) is 0.958. The van der Waals surface area contributed by atoms with Gasteiger partial charge in [-0.1, -0.05) is 66.7 Å².